The summed E-state index contributed by atoms with van der Waals surface area (Å²) in [6, 6.07) is 2.13. The lowest BCUT2D eigenvalue weighted by Gasteiger charge is -2.26. The van der Waals surface area contributed by atoms with E-state index in [0.29, 0.717) is 23.8 Å². The molecule has 0 radical (unpaired) electrons. The first-order valence-electron chi connectivity index (χ1n) is 8.82. The maximum Gasteiger partial charge on any atom is 0.308 e. The zero-order valence-electron chi connectivity index (χ0n) is 17.1. The first-order valence-corrected chi connectivity index (χ1v) is 8.82. The second-order valence-electron chi connectivity index (χ2n) is 6.23. The highest BCUT2D eigenvalue weighted by Gasteiger charge is 2.25. The lowest BCUT2D eigenvalue weighted by atomic mass is 10.1. The van der Waals surface area contributed by atoms with Gasteiger partial charge in [0.25, 0.3) is 5.91 Å². The molecular formula is C19H28N2O7. The highest BCUT2D eigenvalue weighted by atomic mass is 16.5. The van der Waals surface area contributed by atoms with Crippen LogP contribution in [0.25, 0.3) is 0 Å². The molecule has 0 heterocycles. The number of amides is 2. The molecule has 28 heavy (non-hydrogen) atoms. The summed E-state index contributed by atoms with van der Waals surface area (Å²) in [4.78, 5) is 37.6. The molecule has 0 saturated heterocycles. The summed E-state index contributed by atoms with van der Waals surface area (Å²) in [7, 11) is 4.33. The smallest absolute Gasteiger partial charge is 0.308 e. The third kappa shape index (κ3) is 5.51. The van der Waals surface area contributed by atoms with Crippen LogP contribution in [0.5, 0.6) is 17.2 Å². The fourth-order valence-corrected chi connectivity index (χ4v) is 2.61. The molecule has 0 bridgehead atoms. The van der Waals surface area contributed by atoms with Gasteiger partial charge in [0.2, 0.25) is 11.7 Å². The van der Waals surface area contributed by atoms with Gasteiger partial charge in [-0.3, -0.25) is 14.4 Å². The lowest BCUT2D eigenvalue weighted by molar-refractivity contribution is -0.143. The van der Waals surface area contributed by atoms with Crippen LogP contribution in [-0.2, 0) is 9.59 Å². The Morgan fingerprint density at radius 3 is 2.00 bits per heavy atom. The number of carbonyl (C=O) groups excluding carboxylic acids is 2. The van der Waals surface area contributed by atoms with Crippen LogP contribution < -0.4 is 19.5 Å². The molecule has 2 N–H and O–H groups in total. The van der Waals surface area contributed by atoms with E-state index in [-0.39, 0.29) is 18.0 Å². The Labute approximate surface area is 164 Å². The summed E-state index contributed by atoms with van der Waals surface area (Å²) in [6.45, 7) is 5.22. The van der Waals surface area contributed by atoms with Gasteiger partial charge in [0, 0.05) is 18.7 Å². The first kappa shape index (κ1) is 23.1. The molecule has 9 heteroatoms. The van der Waals surface area contributed by atoms with Gasteiger partial charge in [-0.2, -0.15) is 0 Å². The Morgan fingerprint density at radius 2 is 1.61 bits per heavy atom. The Balaban J connectivity index is 2.96. The van der Waals surface area contributed by atoms with Crippen LogP contribution in [0.2, 0.25) is 0 Å². The molecule has 9 nitrogen and oxygen atoms in total. The fourth-order valence-electron chi connectivity index (χ4n) is 2.61. The van der Waals surface area contributed by atoms with E-state index in [9.17, 15) is 14.4 Å². The summed E-state index contributed by atoms with van der Waals surface area (Å²) in [6.07, 6.45) is 0. The maximum absolute atomic E-state index is 12.6. The number of hydrogen-bond donors (Lipinski definition) is 2. The number of nitrogens with one attached hydrogen (secondary N) is 1. The largest absolute Gasteiger partial charge is 0.493 e. The van der Waals surface area contributed by atoms with E-state index in [1.54, 1.807) is 13.8 Å². The second kappa shape index (κ2) is 10.4. The summed E-state index contributed by atoms with van der Waals surface area (Å²) >= 11 is 0. The van der Waals surface area contributed by atoms with Crippen molar-refractivity contribution < 1.29 is 33.7 Å². The number of rotatable bonds is 10. The second-order valence-corrected chi connectivity index (χ2v) is 6.23. The Bertz CT molecular complexity index is 695. The van der Waals surface area contributed by atoms with Crippen LogP contribution >= 0.6 is 0 Å². The lowest BCUT2D eigenvalue weighted by Crippen LogP contribution is -2.48. The molecule has 0 aliphatic carbocycles. The fraction of sp³-hybridized carbons (Fsp3) is 0.526. The quantitative estimate of drug-likeness (QED) is 0.614. The van der Waals surface area contributed by atoms with Gasteiger partial charge in [0.05, 0.1) is 27.2 Å². The van der Waals surface area contributed by atoms with Gasteiger partial charge in [-0.1, -0.05) is 6.92 Å². The molecule has 1 aromatic rings. The van der Waals surface area contributed by atoms with Crippen molar-refractivity contribution >= 4 is 17.8 Å². The minimum absolute atomic E-state index is 0.0645. The Kier molecular flexibility index (Phi) is 8.56. The van der Waals surface area contributed by atoms with Crippen molar-refractivity contribution in [2.75, 3.05) is 34.4 Å². The van der Waals surface area contributed by atoms with Crippen LogP contribution in [0, 0.1) is 5.92 Å². The normalized spacial score (nSPS) is 12.5. The summed E-state index contributed by atoms with van der Waals surface area (Å²) in [5, 5.41) is 11.7. The topological polar surface area (TPSA) is 114 Å². The van der Waals surface area contributed by atoms with Gasteiger partial charge in [0.1, 0.15) is 6.04 Å². The van der Waals surface area contributed by atoms with Crippen LogP contribution in [-0.4, -0.2) is 68.3 Å². The van der Waals surface area contributed by atoms with Gasteiger partial charge in [0.15, 0.2) is 11.5 Å². The molecule has 0 aromatic heterocycles. The minimum Gasteiger partial charge on any atom is -0.493 e. The molecule has 2 amide bonds. The van der Waals surface area contributed by atoms with Gasteiger partial charge in [-0.25, -0.2) is 0 Å². The molecule has 0 fully saturated rings. The van der Waals surface area contributed by atoms with E-state index in [2.05, 4.69) is 5.32 Å². The van der Waals surface area contributed by atoms with E-state index in [1.165, 1.54) is 45.3 Å². The highest BCUT2D eigenvalue weighted by Crippen LogP contribution is 2.38. The summed E-state index contributed by atoms with van der Waals surface area (Å²) < 4.78 is 15.7. The summed E-state index contributed by atoms with van der Waals surface area (Å²) in [5.74, 6) is -1.57. The average Bonchev–Trinajstić information content (AvgIpc) is 2.69. The van der Waals surface area contributed by atoms with Gasteiger partial charge >= 0.3 is 5.97 Å². The third-order valence-electron chi connectivity index (χ3n) is 4.25. The van der Waals surface area contributed by atoms with E-state index in [1.807, 2.05) is 0 Å². The summed E-state index contributed by atoms with van der Waals surface area (Å²) in [5.41, 5.74) is 0.233. The van der Waals surface area contributed by atoms with Crippen LogP contribution in [0.4, 0.5) is 0 Å². The van der Waals surface area contributed by atoms with E-state index < -0.39 is 23.8 Å². The average molecular weight is 396 g/mol. The molecule has 0 spiro atoms. The van der Waals surface area contributed by atoms with Crippen LogP contribution in [0.15, 0.2) is 12.1 Å². The predicted octanol–water partition coefficient (Wildman–Crippen LogP) is 1.40. The number of hydrogen-bond acceptors (Lipinski definition) is 6. The molecule has 0 unspecified atom stereocenters. The number of ether oxygens (including phenoxy) is 3. The van der Waals surface area contributed by atoms with Gasteiger partial charge < -0.3 is 29.5 Å². The number of aliphatic carboxylic acids is 1. The van der Waals surface area contributed by atoms with Crippen molar-refractivity contribution in [1.29, 1.82) is 0 Å². The van der Waals surface area contributed by atoms with Crippen molar-refractivity contribution in [1.82, 2.24) is 10.2 Å². The number of benzene rings is 1. The molecule has 1 aromatic carbocycles. The van der Waals surface area contributed by atoms with Crippen molar-refractivity contribution in [3.8, 4) is 17.2 Å². The van der Waals surface area contributed by atoms with Crippen molar-refractivity contribution in [2.45, 2.75) is 26.8 Å². The molecule has 0 aliphatic rings. The van der Waals surface area contributed by atoms with E-state index >= 15 is 0 Å². The van der Waals surface area contributed by atoms with Gasteiger partial charge in [-0.05, 0) is 26.0 Å². The SMILES string of the molecule is CCN(C[C@H](C)C(=O)O)C(=O)[C@@H](C)NC(=O)c1cc(OC)c(OC)c(OC)c1. The number of carboxylic acid groups (broad SMARTS) is 1. The van der Waals surface area contributed by atoms with E-state index in [0.717, 1.165) is 0 Å². The highest BCUT2D eigenvalue weighted by molar-refractivity contribution is 5.98. The Hall–Kier alpha value is -2.97. The molecule has 1 rings (SSSR count). The number of carboxylic acids is 1. The molecular weight excluding hydrogens is 368 g/mol. The monoisotopic (exact) mass is 396 g/mol. The predicted molar refractivity (Wildman–Crippen MR) is 102 cm³/mol. The van der Waals surface area contributed by atoms with Crippen molar-refractivity contribution in [3.05, 3.63) is 17.7 Å². The zero-order valence-corrected chi connectivity index (χ0v) is 17.1. The number of nitrogens with zero attached hydrogens (tertiary/aromatic N) is 1. The van der Waals surface area contributed by atoms with Crippen molar-refractivity contribution in [3.63, 3.8) is 0 Å². The van der Waals surface area contributed by atoms with Crippen LogP contribution in [0.1, 0.15) is 31.1 Å². The van der Waals surface area contributed by atoms with E-state index in [4.69, 9.17) is 19.3 Å². The van der Waals surface area contributed by atoms with Crippen LogP contribution in [0.3, 0.4) is 0 Å². The molecule has 0 saturated carbocycles. The standard InChI is InChI=1S/C19H28N2O7/c1-7-21(10-11(2)19(24)25)18(23)12(3)20-17(22)13-8-14(26-4)16(28-6)15(9-13)27-5/h8-9,11-12H,7,10H2,1-6H3,(H,20,22)(H,24,25)/t11-,12+/m0/s1. The third-order valence-corrected chi connectivity index (χ3v) is 4.25. The maximum atomic E-state index is 12.6. The first-order chi connectivity index (χ1) is 13.2. The number of likely N-dealkylation sites (N-methyl/N-ethyl adjacent to an activating group) is 1. The molecule has 0 aliphatic heterocycles. The molecule has 156 valence electrons. The number of methoxy groups -OCH3 is 3. The minimum atomic E-state index is -0.986. The van der Waals surface area contributed by atoms with Gasteiger partial charge in [-0.15, -0.1) is 0 Å². The zero-order chi connectivity index (χ0) is 21.4. The Morgan fingerprint density at radius 1 is 1.07 bits per heavy atom. The number of carbonyl (C=O) groups is 3. The molecule has 2 atom stereocenters. The van der Waals surface area contributed by atoms with Crippen molar-refractivity contribution in [2.24, 2.45) is 5.92 Å².